The van der Waals surface area contributed by atoms with Crippen molar-refractivity contribution in [2.45, 2.75) is 12.5 Å². The number of carboxylic acid groups (broad SMARTS) is 1. The summed E-state index contributed by atoms with van der Waals surface area (Å²) in [5.74, 6) is -0.342. The molecule has 3 rings (SSSR count). The molecule has 18 heavy (non-hydrogen) atoms. The molecule has 1 aliphatic carbocycles. The van der Waals surface area contributed by atoms with Gasteiger partial charge in [-0.25, -0.2) is 0 Å². The molecule has 0 fully saturated rings. The quantitative estimate of drug-likeness (QED) is 0.837. The van der Waals surface area contributed by atoms with Gasteiger partial charge < -0.3 is 9.84 Å². The third-order valence-electron chi connectivity index (χ3n) is 3.10. The highest BCUT2D eigenvalue weighted by molar-refractivity contribution is 5.78. The molecular formula is C15H12O3. The van der Waals surface area contributed by atoms with E-state index in [0.29, 0.717) is 5.76 Å². The van der Waals surface area contributed by atoms with E-state index in [-0.39, 0.29) is 12.5 Å². The number of carboxylic acids is 1. The highest BCUT2D eigenvalue weighted by atomic mass is 16.5. The van der Waals surface area contributed by atoms with Crippen LogP contribution in [0.1, 0.15) is 6.42 Å². The maximum atomic E-state index is 10.9. The smallest absolute Gasteiger partial charge is 0.311 e. The van der Waals surface area contributed by atoms with E-state index in [1.807, 2.05) is 48.6 Å². The van der Waals surface area contributed by atoms with Crippen LogP contribution in [0.5, 0.6) is 0 Å². The fraction of sp³-hybridized carbons (Fsp3) is 0.133. The highest BCUT2D eigenvalue weighted by Gasteiger charge is 2.21. The number of hydrogen-bond donors (Lipinski definition) is 1. The third kappa shape index (κ3) is 1.74. The lowest BCUT2D eigenvalue weighted by atomic mass is 9.97. The van der Waals surface area contributed by atoms with Crippen LogP contribution in [0.15, 0.2) is 48.6 Å². The van der Waals surface area contributed by atoms with Crippen molar-refractivity contribution in [3.8, 4) is 0 Å². The van der Waals surface area contributed by atoms with Crippen LogP contribution in [-0.2, 0) is 9.53 Å². The van der Waals surface area contributed by atoms with E-state index in [4.69, 9.17) is 9.84 Å². The zero-order chi connectivity index (χ0) is 12.5. The van der Waals surface area contributed by atoms with Gasteiger partial charge in [0, 0.05) is 10.8 Å². The second-order valence-electron chi connectivity index (χ2n) is 4.28. The van der Waals surface area contributed by atoms with Crippen LogP contribution in [0.2, 0.25) is 0 Å². The van der Waals surface area contributed by atoms with Gasteiger partial charge in [-0.1, -0.05) is 42.5 Å². The maximum absolute atomic E-state index is 10.9. The maximum Gasteiger partial charge on any atom is 0.311 e. The molecular weight excluding hydrogens is 228 g/mol. The molecule has 1 aromatic carbocycles. The zero-order valence-corrected chi connectivity index (χ0v) is 9.67. The zero-order valence-electron chi connectivity index (χ0n) is 9.67. The molecule has 0 spiro atoms. The monoisotopic (exact) mass is 240 g/mol. The number of benzene rings is 1. The summed E-state index contributed by atoms with van der Waals surface area (Å²) in [6, 6.07) is 7.76. The molecule has 1 aliphatic heterocycles. The summed E-state index contributed by atoms with van der Waals surface area (Å²) in [7, 11) is 0. The molecule has 1 N–H and O–H groups in total. The Morgan fingerprint density at radius 1 is 1.22 bits per heavy atom. The van der Waals surface area contributed by atoms with E-state index in [2.05, 4.69) is 0 Å². The Hall–Kier alpha value is -2.29. The lowest BCUT2D eigenvalue weighted by molar-refractivity contribution is -0.136. The van der Waals surface area contributed by atoms with Gasteiger partial charge in [-0.3, -0.25) is 4.79 Å². The van der Waals surface area contributed by atoms with Crippen molar-refractivity contribution in [2.24, 2.45) is 0 Å². The van der Waals surface area contributed by atoms with Crippen molar-refractivity contribution < 1.29 is 14.6 Å². The summed E-state index contributed by atoms with van der Waals surface area (Å²) < 4.78 is 5.79. The Kier molecular flexibility index (Phi) is 2.52. The number of hydrogen-bond acceptors (Lipinski definition) is 2. The van der Waals surface area contributed by atoms with Crippen LogP contribution in [0.25, 0.3) is 11.3 Å². The first kappa shape index (κ1) is 10.8. The summed E-state index contributed by atoms with van der Waals surface area (Å²) in [4.78, 5) is 10.9. The van der Waals surface area contributed by atoms with Crippen molar-refractivity contribution in [3.63, 3.8) is 0 Å². The molecule has 3 heteroatoms. The minimum Gasteiger partial charge on any atom is -0.485 e. The Morgan fingerprint density at radius 3 is 2.78 bits per heavy atom. The second-order valence-corrected chi connectivity index (χ2v) is 4.28. The molecule has 1 heterocycles. The van der Waals surface area contributed by atoms with Gasteiger partial charge in [0.25, 0.3) is 0 Å². The van der Waals surface area contributed by atoms with E-state index >= 15 is 0 Å². The predicted molar refractivity (Wildman–Crippen MR) is 67.9 cm³/mol. The molecule has 0 radical (unpaired) electrons. The molecule has 0 aromatic heterocycles. The van der Waals surface area contributed by atoms with Gasteiger partial charge in [0.15, 0.2) is 0 Å². The number of ether oxygens (including phenoxy) is 1. The number of rotatable bonds is 2. The van der Waals surface area contributed by atoms with Gasteiger partial charge in [0.05, 0.1) is 0 Å². The summed E-state index contributed by atoms with van der Waals surface area (Å²) in [6.07, 6.45) is 7.58. The first-order chi connectivity index (χ1) is 8.75. The van der Waals surface area contributed by atoms with Crippen LogP contribution in [0.3, 0.4) is 0 Å². The summed E-state index contributed by atoms with van der Waals surface area (Å²) in [6.45, 7) is 0. The Labute approximate surface area is 104 Å². The van der Waals surface area contributed by atoms with Crippen molar-refractivity contribution in [1.82, 2.24) is 0 Å². The van der Waals surface area contributed by atoms with Gasteiger partial charge in [-0.2, -0.15) is 0 Å². The predicted octanol–water partition coefficient (Wildman–Crippen LogP) is 0.945. The van der Waals surface area contributed by atoms with E-state index in [1.165, 1.54) is 0 Å². The fourth-order valence-electron chi connectivity index (χ4n) is 2.34. The normalized spacial score (nSPS) is 20.1. The van der Waals surface area contributed by atoms with Gasteiger partial charge >= 0.3 is 5.97 Å². The van der Waals surface area contributed by atoms with E-state index in [0.717, 1.165) is 16.0 Å². The average molecular weight is 240 g/mol. The average Bonchev–Trinajstić information content (AvgIpc) is 2.38. The van der Waals surface area contributed by atoms with Gasteiger partial charge in [0.1, 0.15) is 18.3 Å². The van der Waals surface area contributed by atoms with E-state index < -0.39 is 5.97 Å². The minimum absolute atomic E-state index is 0.0850. The van der Waals surface area contributed by atoms with Crippen LogP contribution in [0.4, 0.5) is 0 Å². The molecule has 0 amide bonds. The topological polar surface area (TPSA) is 46.5 Å². The van der Waals surface area contributed by atoms with Crippen molar-refractivity contribution >= 4 is 17.3 Å². The SMILES string of the molecule is O=C(O)CC1=c2ccccc2=C2C=CC=CC2O1. The number of aliphatic carboxylic acids is 1. The van der Waals surface area contributed by atoms with Gasteiger partial charge in [0.2, 0.25) is 0 Å². The van der Waals surface area contributed by atoms with Crippen LogP contribution < -0.4 is 10.4 Å². The van der Waals surface area contributed by atoms with Crippen molar-refractivity contribution in [3.05, 3.63) is 59.0 Å². The van der Waals surface area contributed by atoms with Gasteiger partial charge in [-0.15, -0.1) is 0 Å². The molecule has 90 valence electrons. The summed E-state index contributed by atoms with van der Waals surface area (Å²) >= 11 is 0. The fourth-order valence-corrected chi connectivity index (χ4v) is 2.34. The molecule has 3 nitrogen and oxygen atoms in total. The number of carbonyl (C=O) groups is 1. The standard InChI is InChI=1S/C15H12O3/c16-15(17)9-14-12-7-2-1-5-10(12)11-6-3-4-8-13(11)18-14/h1-8,13H,9H2,(H,16,17). The van der Waals surface area contributed by atoms with Crippen LogP contribution in [-0.4, -0.2) is 17.2 Å². The Morgan fingerprint density at radius 2 is 2.00 bits per heavy atom. The summed E-state index contributed by atoms with van der Waals surface area (Å²) in [5.41, 5.74) is 1.09. The first-order valence-electron chi connectivity index (χ1n) is 5.81. The van der Waals surface area contributed by atoms with E-state index in [9.17, 15) is 4.79 Å². The molecule has 0 saturated carbocycles. The molecule has 1 unspecified atom stereocenters. The van der Waals surface area contributed by atoms with Crippen LogP contribution >= 0.6 is 0 Å². The molecule has 2 aliphatic rings. The first-order valence-corrected chi connectivity index (χ1v) is 5.81. The lowest BCUT2D eigenvalue weighted by Crippen LogP contribution is -2.38. The Balaban J connectivity index is 2.30. The second kappa shape index (κ2) is 4.18. The van der Waals surface area contributed by atoms with Gasteiger partial charge in [-0.05, 0) is 11.3 Å². The van der Waals surface area contributed by atoms with Crippen molar-refractivity contribution in [1.29, 1.82) is 0 Å². The minimum atomic E-state index is -0.876. The number of allylic oxidation sites excluding steroid dienone is 2. The van der Waals surface area contributed by atoms with E-state index in [1.54, 1.807) is 0 Å². The highest BCUT2D eigenvalue weighted by Crippen LogP contribution is 2.21. The molecule has 1 atom stereocenters. The van der Waals surface area contributed by atoms with Crippen molar-refractivity contribution in [2.75, 3.05) is 0 Å². The number of fused-ring (bicyclic) bond motifs is 2. The molecule has 0 saturated heterocycles. The molecule has 1 aromatic rings. The summed E-state index contributed by atoms with van der Waals surface area (Å²) in [5, 5.41) is 10.9. The van der Waals surface area contributed by atoms with Crippen LogP contribution in [0, 0.1) is 0 Å². The lowest BCUT2D eigenvalue weighted by Gasteiger charge is -2.24. The largest absolute Gasteiger partial charge is 0.485 e. The molecule has 0 bridgehead atoms. The Bertz CT molecular complexity index is 680. The third-order valence-corrected chi connectivity index (χ3v) is 3.10.